The van der Waals surface area contributed by atoms with Gasteiger partial charge in [0.15, 0.2) is 5.57 Å². The molecule has 0 aromatic carbocycles. The zero-order chi connectivity index (χ0) is 12.5. The fourth-order valence-corrected chi connectivity index (χ4v) is 1.42. The van der Waals surface area contributed by atoms with Crippen molar-refractivity contribution in [1.82, 2.24) is 10.2 Å². The minimum atomic E-state index is -1.21. The van der Waals surface area contributed by atoms with Crippen LogP contribution >= 0.6 is 0 Å². The van der Waals surface area contributed by atoms with Crippen molar-refractivity contribution in [3.63, 3.8) is 0 Å². The minimum absolute atomic E-state index is 0.119. The molecule has 0 atom stereocenters. The summed E-state index contributed by atoms with van der Waals surface area (Å²) >= 11 is 0. The highest BCUT2D eigenvalue weighted by Gasteiger charge is 2.41. The Labute approximate surface area is 94.2 Å². The van der Waals surface area contributed by atoms with Gasteiger partial charge in [0.05, 0.1) is 0 Å². The molecule has 0 spiro atoms. The molecule has 1 aliphatic rings. The van der Waals surface area contributed by atoms with Gasteiger partial charge in [0.1, 0.15) is 5.82 Å². The molecular formula is C10H16N2O4. The summed E-state index contributed by atoms with van der Waals surface area (Å²) in [5.41, 5.74) is -0.119. The fourth-order valence-electron chi connectivity index (χ4n) is 1.42. The normalized spacial score (nSPS) is 18.7. The summed E-state index contributed by atoms with van der Waals surface area (Å²) in [4.78, 5) is 25.0. The van der Waals surface area contributed by atoms with Crippen LogP contribution in [0.1, 0.15) is 13.8 Å². The van der Waals surface area contributed by atoms with Gasteiger partial charge in [0, 0.05) is 35.0 Å². The molecule has 1 fully saturated rings. The van der Waals surface area contributed by atoms with Crippen LogP contribution in [0.4, 0.5) is 0 Å². The van der Waals surface area contributed by atoms with Crippen molar-refractivity contribution in [3.05, 3.63) is 11.4 Å². The molecule has 1 aliphatic heterocycles. The zero-order valence-corrected chi connectivity index (χ0v) is 10.1. The molecule has 0 unspecified atom stereocenters. The number of carbonyl (C=O) groups excluding carboxylic acids is 2. The van der Waals surface area contributed by atoms with Gasteiger partial charge >= 0.3 is 11.9 Å². The van der Waals surface area contributed by atoms with E-state index in [0.29, 0.717) is 5.82 Å². The highest BCUT2D eigenvalue weighted by Crippen LogP contribution is 2.24. The van der Waals surface area contributed by atoms with E-state index < -0.39 is 17.7 Å². The lowest BCUT2D eigenvalue weighted by Gasteiger charge is -2.31. The first-order chi connectivity index (χ1) is 7.28. The van der Waals surface area contributed by atoms with E-state index in [2.05, 4.69) is 5.32 Å². The Morgan fingerprint density at radius 1 is 1.19 bits per heavy atom. The van der Waals surface area contributed by atoms with Gasteiger partial charge < -0.3 is 19.7 Å². The minimum Gasteiger partial charge on any atom is -0.419 e. The number of cyclic esters (lactones) is 2. The Kier molecular flexibility index (Phi) is 3.11. The van der Waals surface area contributed by atoms with Crippen LogP contribution in [0, 0.1) is 0 Å². The third-order valence-electron chi connectivity index (χ3n) is 2.01. The third kappa shape index (κ3) is 2.26. The molecule has 0 aliphatic carbocycles. The van der Waals surface area contributed by atoms with Gasteiger partial charge in [-0.3, -0.25) is 0 Å². The lowest BCUT2D eigenvalue weighted by Crippen LogP contribution is -2.44. The number of hydrogen-bond acceptors (Lipinski definition) is 6. The first-order valence-electron chi connectivity index (χ1n) is 4.84. The molecule has 16 heavy (non-hydrogen) atoms. The van der Waals surface area contributed by atoms with Crippen molar-refractivity contribution in [1.29, 1.82) is 0 Å². The second-order valence-corrected chi connectivity index (χ2v) is 4.05. The Morgan fingerprint density at radius 2 is 1.62 bits per heavy atom. The van der Waals surface area contributed by atoms with E-state index in [1.165, 1.54) is 13.8 Å². The molecule has 6 heteroatoms. The van der Waals surface area contributed by atoms with Crippen LogP contribution in [-0.4, -0.2) is 43.8 Å². The van der Waals surface area contributed by atoms with E-state index in [-0.39, 0.29) is 5.57 Å². The number of esters is 2. The number of ether oxygens (including phenoxy) is 2. The molecule has 90 valence electrons. The SMILES string of the molecule is CNC(=C1C(=O)OC(C)(C)OC1=O)N(C)C. The maximum atomic E-state index is 11.7. The molecule has 1 rings (SSSR count). The summed E-state index contributed by atoms with van der Waals surface area (Å²) in [6.07, 6.45) is 0. The van der Waals surface area contributed by atoms with Crippen LogP contribution in [0.3, 0.4) is 0 Å². The zero-order valence-electron chi connectivity index (χ0n) is 10.1. The van der Waals surface area contributed by atoms with E-state index >= 15 is 0 Å². The second kappa shape index (κ2) is 4.03. The average molecular weight is 228 g/mol. The largest absolute Gasteiger partial charge is 0.419 e. The molecule has 0 bridgehead atoms. The van der Waals surface area contributed by atoms with E-state index in [4.69, 9.17) is 9.47 Å². The summed E-state index contributed by atoms with van der Waals surface area (Å²) in [6.45, 7) is 3.02. The maximum Gasteiger partial charge on any atom is 0.352 e. The summed E-state index contributed by atoms with van der Waals surface area (Å²) < 4.78 is 9.97. The quantitative estimate of drug-likeness (QED) is 0.401. The van der Waals surface area contributed by atoms with Gasteiger partial charge in [-0.2, -0.15) is 0 Å². The van der Waals surface area contributed by atoms with Gasteiger partial charge in [-0.15, -0.1) is 0 Å². The lowest BCUT2D eigenvalue weighted by atomic mass is 10.2. The van der Waals surface area contributed by atoms with Crippen molar-refractivity contribution in [2.45, 2.75) is 19.6 Å². The Bertz CT molecular complexity index is 336. The molecule has 1 N–H and O–H groups in total. The lowest BCUT2D eigenvalue weighted by molar-refractivity contribution is -0.222. The first kappa shape index (κ1) is 12.4. The Morgan fingerprint density at radius 3 is 1.94 bits per heavy atom. The molecule has 0 aromatic heterocycles. The Balaban J connectivity index is 3.16. The van der Waals surface area contributed by atoms with Crippen LogP contribution in [0.5, 0.6) is 0 Å². The number of carbonyl (C=O) groups is 2. The second-order valence-electron chi connectivity index (χ2n) is 4.05. The van der Waals surface area contributed by atoms with Crippen LogP contribution in [-0.2, 0) is 19.1 Å². The topological polar surface area (TPSA) is 67.9 Å². The van der Waals surface area contributed by atoms with Crippen molar-refractivity contribution in [3.8, 4) is 0 Å². The van der Waals surface area contributed by atoms with E-state index in [1.54, 1.807) is 26.0 Å². The van der Waals surface area contributed by atoms with Crippen molar-refractivity contribution in [2.24, 2.45) is 0 Å². The van der Waals surface area contributed by atoms with Crippen molar-refractivity contribution in [2.75, 3.05) is 21.1 Å². The van der Waals surface area contributed by atoms with Crippen molar-refractivity contribution >= 4 is 11.9 Å². The molecule has 1 saturated heterocycles. The Hall–Kier alpha value is -1.72. The number of nitrogens with zero attached hydrogens (tertiary/aromatic N) is 1. The highest BCUT2D eigenvalue weighted by atomic mass is 16.7. The number of hydrogen-bond donors (Lipinski definition) is 1. The van der Waals surface area contributed by atoms with Gasteiger partial charge in [-0.05, 0) is 0 Å². The molecular weight excluding hydrogens is 212 g/mol. The molecule has 0 saturated carbocycles. The standard InChI is InChI=1S/C10H16N2O4/c1-10(2)15-8(13)6(9(14)16-10)7(11-3)12(4)5/h11H,1-5H3. The number of rotatable bonds is 2. The third-order valence-corrected chi connectivity index (χ3v) is 2.01. The average Bonchev–Trinajstić information content (AvgIpc) is 2.08. The predicted octanol–water partition coefficient (Wildman–Crippen LogP) is -0.185. The summed E-state index contributed by atoms with van der Waals surface area (Å²) in [5.74, 6) is -2.20. The van der Waals surface area contributed by atoms with E-state index in [1.807, 2.05) is 0 Å². The fraction of sp³-hybridized carbons (Fsp3) is 0.600. The van der Waals surface area contributed by atoms with Crippen LogP contribution < -0.4 is 5.32 Å². The molecule has 0 radical (unpaired) electrons. The molecule has 1 heterocycles. The van der Waals surface area contributed by atoms with E-state index in [9.17, 15) is 9.59 Å². The summed E-state index contributed by atoms with van der Waals surface area (Å²) in [5, 5.41) is 2.76. The smallest absolute Gasteiger partial charge is 0.352 e. The molecule has 0 aromatic rings. The summed E-state index contributed by atoms with van der Waals surface area (Å²) in [7, 11) is 5.03. The summed E-state index contributed by atoms with van der Waals surface area (Å²) in [6, 6.07) is 0. The highest BCUT2D eigenvalue weighted by molar-refractivity contribution is 6.15. The monoisotopic (exact) mass is 228 g/mol. The van der Waals surface area contributed by atoms with E-state index in [0.717, 1.165) is 0 Å². The predicted molar refractivity (Wildman–Crippen MR) is 56.0 cm³/mol. The van der Waals surface area contributed by atoms with Gasteiger partial charge in [0.2, 0.25) is 0 Å². The van der Waals surface area contributed by atoms with Crippen LogP contribution in [0.15, 0.2) is 11.4 Å². The first-order valence-corrected chi connectivity index (χ1v) is 4.84. The van der Waals surface area contributed by atoms with Gasteiger partial charge in [-0.25, -0.2) is 9.59 Å². The van der Waals surface area contributed by atoms with Gasteiger partial charge in [0.25, 0.3) is 5.79 Å². The number of nitrogens with one attached hydrogen (secondary N) is 1. The molecule has 6 nitrogen and oxygen atoms in total. The maximum absolute atomic E-state index is 11.7. The van der Waals surface area contributed by atoms with Gasteiger partial charge in [-0.1, -0.05) is 0 Å². The molecule has 0 amide bonds. The van der Waals surface area contributed by atoms with Crippen LogP contribution in [0.25, 0.3) is 0 Å². The van der Waals surface area contributed by atoms with Crippen molar-refractivity contribution < 1.29 is 19.1 Å². The van der Waals surface area contributed by atoms with Crippen LogP contribution in [0.2, 0.25) is 0 Å².